The van der Waals surface area contributed by atoms with Gasteiger partial charge in [0.2, 0.25) is 5.82 Å². The van der Waals surface area contributed by atoms with E-state index in [4.69, 9.17) is 10.5 Å². The van der Waals surface area contributed by atoms with Gasteiger partial charge in [-0.2, -0.15) is 0 Å². The summed E-state index contributed by atoms with van der Waals surface area (Å²) in [6.07, 6.45) is -1.47. The minimum absolute atomic E-state index is 0.269. The van der Waals surface area contributed by atoms with Crippen LogP contribution in [0.25, 0.3) is 0 Å². The van der Waals surface area contributed by atoms with Crippen molar-refractivity contribution < 1.29 is 31.5 Å². The molecule has 0 saturated carbocycles. The quantitative estimate of drug-likeness (QED) is 0.503. The standard InChI is InChI=1S/C14H17F5N2O2/c1-14(2,3)23-13(22)21-5-6(20)4-7-8(15)10(17)12(19)11(18)9(7)16/h6H,4-5,20H2,1-3H3,(H,21,22). The van der Waals surface area contributed by atoms with Crippen molar-refractivity contribution in [1.29, 1.82) is 0 Å². The second kappa shape index (κ2) is 7.12. The van der Waals surface area contributed by atoms with Gasteiger partial charge in [-0.25, -0.2) is 26.7 Å². The lowest BCUT2D eigenvalue weighted by atomic mass is 10.0. The maximum Gasteiger partial charge on any atom is 0.407 e. The molecule has 0 saturated heterocycles. The maximum atomic E-state index is 13.5. The van der Waals surface area contributed by atoms with Crippen LogP contribution in [-0.2, 0) is 11.2 Å². The van der Waals surface area contributed by atoms with E-state index in [0.29, 0.717) is 0 Å². The largest absolute Gasteiger partial charge is 0.444 e. The van der Waals surface area contributed by atoms with E-state index in [0.717, 1.165) is 0 Å². The Labute approximate surface area is 129 Å². The second-order valence-corrected chi connectivity index (χ2v) is 5.90. The molecule has 130 valence electrons. The first-order valence-electron chi connectivity index (χ1n) is 6.66. The number of hydrogen-bond acceptors (Lipinski definition) is 3. The molecule has 0 heterocycles. The second-order valence-electron chi connectivity index (χ2n) is 5.90. The molecule has 0 radical (unpaired) electrons. The first kappa shape index (κ1) is 19.1. The van der Waals surface area contributed by atoms with Crippen molar-refractivity contribution in [3.63, 3.8) is 0 Å². The summed E-state index contributed by atoms with van der Waals surface area (Å²) in [5.74, 6) is -10.2. The number of halogens is 5. The van der Waals surface area contributed by atoms with Gasteiger partial charge in [-0.05, 0) is 27.2 Å². The van der Waals surface area contributed by atoms with Gasteiger partial charge in [0, 0.05) is 18.2 Å². The molecule has 4 nitrogen and oxygen atoms in total. The summed E-state index contributed by atoms with van der Waals surface area (Å²) in [7, 11) is 0. The van der Waals surface area contributed by atoms with Crippen molar-refractivity contribution >= 4 is 6.09 Å². The Kier molecular flexibility index (Phi) is 5.92. The highest BCUT2D eigenvalue weighted by molar-refractivity contribution is 5.67. The molecule has 3 N–H and O–H groups in total. The van der Waals surface area contributed by atoms with Crippen LogP contribution in [0.2, 0.25) is 0 Å². The first-order chi connectivity index (χ1) is 10.4. The van der Waals surface area contributed by atoms with E-state index < -0.39 is 58.8 Å². The van der Waals surface area contributed by atoms with Crippen molar-refractivity contribution in [3.05, 3.63) is 34.6 Å². The molecule has 0 aromatic heterocycles. The number of benzene rings is 1. The van der Waals surface area contributed by atoms with Crippen molar-refractivity contribution in [2.45, 2.75) is 38.8 Å². The van der Waals surface area contributed by atoms with Crippen molar-refractivity contribution in [2.24, 2.45) is 5.73 Å². The van der Waals surface area contributed by atoms with Gasteiger partial charge in [-0.3, -0.25) is 0 Å². The smallest absolute Gasteiger partial charge is 0.407 e. The third-order valence-electron chi connectivity index (χ3n) is 2.67. The Morgan fingerprint density at radius 2 is 1.48 bits per heavy atom. The fourth-order valence-electron chi connectivity index (χ4n) is 1.69. The minimum Gasteiger partial charge on any atom is -0.444 e. The summed E-state index contributed by atoms with van der Waals surface area (Å²) in [4.78, 5) is 11.4. The number of nitrogens with one attached hydrogen (secondary N) is 1. The van der Waals surface area contributed by atoms with Crippen LogP contribution in [0.1, 0.15) is 26.3 Å². The zero-order valence-corrected chi connectivity index (χ0v) is 12.8. The molecule has 0 spiro atoms. The van der Waals surface area contributed by atoms with E-state index in [1.54, 1.807) is 20.8 Å². The summed E-state index contributed by atoms with van der Waals surface area (Å²) in [5, 5.41) is 2.25. The van der Waals surface area contributed by atoms with E-state index in [1.807, 2.05) is 0 Å². The molecule has 9 heteroatoms. The van der Waals surface area contributed by atoms with Crippen LogP contribution in [0.3, 0.4) is 0 Å². The average Bonchev–Trinajstić information content (AvgIpc) is 2.43. The number of carbonyl (C=O) groups excluding carboxylic acids is 1. The van der Waals surface area contributed by atoms with Crippen LogP contribution in [0.4, 0.5) is 26.7 Å². The molecule has 0 aliphatic rings. The third-order valence-corrected chi connectivity index (χ3v) is 2.67. The lowest BCUT2D eigenvalue weighted by Crippen LogP contribution is -2.41. The molecule has 0 bridgehead atoms. The van der Waals surface area contributed by atoms with Gasteiger partial charge in [0.15, 0.2) is 23.3 Å². The van der Waals surface area contributed by atoms with Gasteiger partial charge in [-0.15, -0.1) is 0 Å². The third kappa shape index (κ3) is 5.05. The summed E-state index contributed by atoms with van der Waals surface area (Å²) in [6, 6.07) is -1.07. The van der Waals surface area contributed by atoms with Gasteiger partial charge in [0.25, 0.3) is 0 Å². The van der Waals surface area contributed by atoms with Gasteiger partial charge in [0.1, 0.15) is 5.60 Å². The van der Waals surface area contributed by atoms with Gasteiger partial charge >= 0.3 is 6.09 Å². The SMILES string of the molecule is CC(C)(C)OC(=O)NCC(N)Cc1c(F)c(F)c(F)c(F)c1F. The van der Waals surface area contributed by atoms with Crippen LogP contribution in [0.5, 0.6) is 0 Å². The maximum absolute atomic E-state index is 13.5. The van der Waals surface area contributed by atoms with E-state index in [1.165, 1.54) is 0 Å². The van der Waals surface area contributed by atoms with Gasteiger partial charge < -0.3 is 15.8 Å². The monoisotopic (exact) mass is 340 g/mol. The topological polar surface area (TPSA) is 64.3 Å². The molecular formula is C14H17F5N2O2. The summed E-state index contributed by atoms with van der Waals surface area (Å²) >= 11 is 0. The van der Waals surface area contributed by atoms with Crippen LogP contribution in [0.15, 0.2) is 0 Å². The number of rotatable bonds is 4. The number of carbonyl (C=O) groups is 1. The van der Waals surface area contributed by atoms with E-state index in [9.17, 15) is 26.7 Å². The summed E-state index contributed by atoms with van der Waals surface area (Å²) in [6.45, 7) is 4.61. The first-order valence-corrected chi connectivity index (χ1v) is 6.66. The predicted molar refractivity (Wildman–Crippen MR) is 72.1 cm³/mol. The Morgan fingerprint density at radius 1 is 1.04 bits per heavy atom. The number of nitrogens with two attached hydrogens (primary N) is 1. The predicted octanol–water partition coefficient (Wildman–Crippen LogP) is 2.78. The van der Waals surface area contributed by atoms with E-state index in [-0.39, 0.29) is 6.54 Å². The lowest BCUT2D eigenvalue weighted by molar-refractivity contribution is 0.0524. The molecule has 1 rings (SSSR count). The Bertz CT molecular complexity index is 573. The summed E-state index contributed by atoms with van der Waals surface area (Å²) < 4.78 is 70.9. The summed E-state index contributed by atoms with van der Waals surface area (Å²) in [5.41, 5.74) is 3.77. The number of ether oxygens (including phenoxy) is 1. The van der Waals surface area contributed by atoms with Gasteiger partial charge in [0.05, 0.1) is 0 Å². The number of amides is 1. The zero-order valence-electron chi connectivity index (χ0n) is 12.8. The Morgan fingerprint density at radius 3 is 1.91 bits per heavy atom. The normalized spacial score (nSPS) is 12.9. The Balaban J connectivity index is 2.76. The molecule has 0 aliphatic carbocycles. The molecule has 1 atom stereocenters. The van der Waals surface area contributed by atoms with Crippen molar-refractivity contribution in [2.75, 3.05) is 6.54 Å². The number of hydrogen-bond donors (Lipinski definition) is 2. The fraction of sp³-hybridized carbons (Fsp3) is 0.500. The van der Waals surface area contributed by atoms with E-state index in [2.05, 4.69) is 5.32 Å². The molecule has 0 fully saturated rings. The minimum atomic E-state index is -2.23. The lowest BCUT2D eigenvalue weighted by Gasteiger charge is -2.21. The van der Waals surface area contributed by atoms with Crippen molar-refractivity contribution in [1.82, 2.24) is 5.32 Å². The molecular weight excluding hydrogens is 323 g/mol. The van der Waals surface area contributed by atoms with Crippen LogP contribution in [0, 0.1) is 29.1 Å². The average molecular weight is 340 g/mol. The van der Waals surface area contributed by atoms with Crippen LogP contribution >= 0.6 is 0 Å². The van der Waals surface area contributed by atoms with Crippen LogP contribution < -0.4 is 11.1 Å². The molecule has 1 amide bonds. The Hall–Kier alpha value is -1.90. The molecule has 0 aliphatic heterocycles. The van der Waals surface area contributed by atoms with Crippen molar-refractivity contribution in [3.8, 4) is 0 Å². The number of alkyl carbamates (subject to hydrolysis) is 1. The van der Waals surface area contributed by atoms with Gasteiger partial charge in [-0.1, -0.05) is 0 Å². The van der Waals surface area contributed by atoms with Crippen LogP contribution in [-0.4, -0.2) is 24.3 Å². The van der Waals surface area contributed by atoms with E-state index >= 15 is 0 Å². The fourth-order valence-corrected chi connectivity index (χ4v) is 1.69. The molecule has 1 unspecified atom stereocenters. The molecule has 23 heavy (non-hydrogen) atoms. The molecule has 1 aromatic rings. The highest BCUT2D eigenvalue weighted by Crippen LogP contribution is 2.23. The highest BCUT2D eigenvalue weighted by atomic mass is 19.2. The molecule has 1 aromatic carbocycles. The zero-order chi connectivity index (χ0) is 17.9. The highest BCUT2D eigenvalue weighted by Gasteiger charge is 2.26.